The normalized spacial score (nSPS) is 21.7. The molecule has 0 spiro atoms. The summed E-state index contributed by atoms with van der Waals surface area (Å²) < 4.78 is 0. The van der Waals surface area contributed by atoms with Gasteiger partial charge in [0.25, 0.3) is 0 Å². The average molecular weight is 282 g/mol. The number of nitrogens with one attached hydrogen (secondary N) is 1. The zero-order chi connectivity index (χ0) is 14.8. The maximum absolute atomic E-state index is 12.2. The van der Waals surface area contributed by atoms with Crippen LogP contribution in [-0.4, -0.2) is 46.8 Å². The second-order valence-corrected chi connectivity index (χ2v) is 5.68. The summed E-state index contributed by atoms with van der Waals surface area (Å²) in [5.41, 5.74) is -0.514. The number of carbonyl (C=O) groups excluding carboxylic acids is 3. The van der Waals surface area contributed by atoms with Gasteiger partial charge in [0.15, 0.2) is 0 Å². The number of imide groups is 1. The second-order valence-electron chi connectivity index (χ2n) is 5.68. The summed E-state index contributed by atoms with van der Waals surface area (Å²) in [6.07, 6.45) is 3.31. The lowest BCUT2D eigenvalue weighted by Gasteiger charge is -2.31. The van der Waals surface area contributed by atoms with E-state index in [-0.39, 0.29) is 31.8 Å². The Hall–Kier alpha value is -1.92. The molecule has 7 nitrogen and oxygen atoms in total. The molecule has 7 heteroatoms. The van der Waals surface area contributed by atoms with Crippen LogP contribution >= 0.6 is 0 Å². The number of nitrogens with zero attached hydrogens (tertiary/aromatic N) is 1. The van der Waals surface area contributed by atoms with Crippen molar-refractivity contribution in [3.63, 3.8) is 0 Å². The molecule has 2 rings (SSSR count). The number of carboxylic acid groups (broad SMARTS) is 1. The van der Waals surface area contributed by atoms with Crippen molar-refractivity contribution < 1.29 is 24.3 Å². The summed E-state index contributed by atoms with van der Waals surface area (Å²) in [5, 5.41) is 11.1. The topological polar surface area (TPSA) is 104 Å². The molecule has 1 saturated carbocycles. The summed E-state index contributed by atoms with van der Waals surface area (Å²) in [6.45, 7) is -0.262. The predicted molar refractivity (Wildman–Crippen MR) is 67.5 cm³/mol. The van der Waals surface area contributed by atoms with E-state index in [1.807, 2.05) is 0 Å². The van der Waals surface area contributed by atoms with Crippen LogP contribution < -0.4 is 5.32 Å². The third kappa shape index (κ3) is 3.34. The molecule has 0 unspecified atom stereocenters. The first-order valence-electron chi connectivity index (χ1n) is 6.72. The van der Waals surface area contributed by atoms with Crippen LogP contribution in [0.2, 0.25) is 0 Å². The lowest BCUT2D eigenvalue weighted by Crippen LogP contribution is -2.54. The first kappa shape index (κ1) is 14.5. The molecule has 0 radical (unpaired) electrons. The van der Waals surface area contributed by atoms with Crippen molar-refractivity contribution in [1.82, 2.24) is 10.2 Å². The lowest BCUT2D eigenvalue weighted by atomic mass is 9.79. The van der Waals surface area contributed by atoms with Crippen LogP contribution in [0.25, 0.3) is 0 Å². The quantitative estimate of drug-likeness (QED) is 0.701. The Labute approximate surface area is 116 Å². The highest BCUT2D eigenvalue weighted by molar-refractivity contribution is 6.02. The highest BCUT2D eigenvalue weighted by Gasteiger charge is 2.40. The van der Waals surface area contributed by atoms with Gasteiger partial charge in [-0.1, -0.05) is 12.8 Å². The van der Waals surface area contributed by atoms with Crippen molar-refractivity contribution in [3.8, 4) is 0 Å². The number of aliphatic carboxylic acids is 1. The maximum atomic E-state index is 12.2. The number of amides is 3. The van der Waals surface area contributed by atoms with E-state index in [2.05, 4.69) is 5.32 Å². The van der Waals surface area contributed by atoms with Gasteiger partial charge in [0, 0.05) is 6.42 Å². The van der Waals surface area contributed by atoms with E-state index in [9.17, 15) is 19.2 Å². The van der Waals surface area contributed by atoms with Crippen LogP contribution in [0, 0.1) is 5.41 Å². The average Bonchev–Trinajstić information content (AvgIpc) is 2.74. The summed E-state index contributed by atoms with van der Waals surface area (Å²) in [6, 6.07) is 0. The van der Waals surface area contributed by atoms with E-state index in [0.717, 1.165) is 12.8 Å². The molecule has 0 atom stereocenters. The summed E-state index contributed by atoms with van der Waals surface area (Å²) in [4.78, 5) is 46.9. The monoisotopic (exact) mass is 282 g/mol. The van der Waals surface area contributed by atoms with Crippen molar-refractivity contribution in [3.05, 3.63) is 0 Å². The van der Waals surface area contributed by atoms with Crippen molar-refractivity contribution in [1.29, 1.82) is 0 Å². The zero-order valence-electron chi connectivity index (χ0n) is 11.2. The number of carboxylic acids is 1. The van der Waals surface area contributed by atoms with E-state index in [4.69, 9.17) is 5.11 Å². The van der Waals surface area contributed by atoms with Crippen molar-refractivity contribution in [2.24, 2.45) is 5.41 Å². The van der Waals surface area contributed by atoms with Gasteiger partial charge in [-0.3, -0.25) is 24.5 Å². The molecule has 2 fully saturated rings. The Balaban J connectivity index is 2.03. The largest absolute Gasteiger partial charge is 0.481 e. The van der Waals surface area contributed by atoms with E-state index in [1.54, 1.807) is 0 Å². The van der Waals surface area contributed by atoms with Crippen molar-refractivity contribution in [2.75, 3.05) is 13.1 Å². The number of hydrogen-bond donors (Lipinski definition) is 2. The van der Waals surface area contributed by atoms with Crippen molar-refractivity contribution >= 4 is 23.7 Å². The van der Waals surface area contributed by atoms with E-state index >= 15 is 0 Å². The van der Waals surface area contributed by atoms with Gasteiger partial charge in [-0.2, -0.15) is 0 Å². The van der Waals surface area contributed by atoms with E-state index in [0.29, 0.717) is 12.8 Å². The number of carbonyl (C=O) groups is 4. The van der Waals surface area contributed by atoms with Gasteiger partial charge in [0.2, 0.25) is 17.7 Å². The van der Waals surface area contributed by atoms with Gasteiger partial charge in [-0.05, 0) is 18.3 Å². The molecule has 1 aliphatic carbocycles. The Morgan fingerprint density at radius 3 is 2.15 bits per heavy atom. The van der Waals surface area contributed by atoms with Crippen LogP contribution in [0.1, 0.15) is 38.5 Å². The molecule has 0 aromatic rings. The highest BCUT2D eigenvalue weighted by atomic mass is 16.4. The van der Waals surface area contributed by atoms with Crippen molar-refractivity contribution in [2.45, 2.75) is 38.5 Å². The van der Waals surface area contributed by atoms with Gasteiger partial charge in [-0.25, -0.2) is 0 Å². The maximum Gasteiger partial charge on any atom is 0.303 e. The highest BCUT2D eigenvalue weighted by Crippen LogP contribution is 2.44. The Kier molecular flexibility index (Phi) is 4.06. The fraction of sp³-hybridized carbons (Fsp3) is 0.692. The molecule has 2 N–H and O–H groups in total. The summed E-state index contributed by atoms with van der Waals surface area (Å²) >= 11 is 0. The second kappa shape index (κ2) is 5.60. The molecule has 1 saturated heterocycles. The molecule has 110 valence electrons. The van der Waals surface area contributed by atoms with E-state index < -0.39 is 23.2 Å². The molecule has 2 aliphatic rings. The number of rotatable bonds is 4. The van der Waals surface area contributed by atoms with Gasteiger partial charge >= 0.3 is 5.97 Å². The summed E-state index contributed by atoms with van der Waals surface area (Å²) in [7, 11) is 0. The predicted octanol–water partition coefficient (Wildman–Crippen LogP) is -0.103. The lowest BCUT2D eigenvalue weighted by molar-refractivity contribution is -0.148. The molecular weight excluding hydrogens is 264 g/mol. The molecule has 1 aliphatic heterocycles. The van der Waals surface area contributed by atoms with Crippen LogP contribution in [-0.2, 0) is 19.2 Å². The number of hydrogen-bond acceptors (Lipinski definition) is 4. The van der Waals surface area contributed by atoms with Crippen LogP contribution in [0.3, 0.4) is 0 Å². The first-order chi connectivity index (χ1) is 9.40. The minimum absolute atomic E-state index is 0.0350. The van der Waals surface area contributed by atoms with Gasteiger partial charge in [-0.15, -0.1) is 0 Å². The SMILES string of the molecule is O=C(O)CC1(CC(=O)N2CC(=O)NC(=O)C2)CCCC1. The Bertz CT molecular complexity index is 438. The number of piperazine rings is 1. The molecule has 0 aromatic carbocycles. The minimum atomic E-state index is -0.910. The molecule has 0 bridgehead atoms. The van der Waals surface area contributed by atoms with Gasteiger partial charge < -0.3 is 10.0 Å². The van der Waals surface area contributed by atoms with Gasteiger partial charge in [0.1, 0.15) is 13.1 Å². The van der Waals surface area contributed by atoms with Crippen LogP contribution in [0.4, 0.5) is 0 Å². The smallest absolute Gasteiger partial charge is 0.303 e. The Morgan fingerprint density at radius 2 is 1.65 bits per heavy atom. The minimum Gasteiger partial charge on any atom is -0.481 e. The van der Waals surface area contributed by atoms with Gasteiger partial charge in [0.05, 0.1) is 6.42 Å². The van der Waals surface area contributed by atoms with E-state index in [1.165, 1.54) is 4.90 Å². The third-order valence-electron chi connectivity index (χ3n) is 4.02. The molecule has 1 heterocycles. The molecule has 0 aromatic heterocycles. The third-order valence-corrected chi connectivity index (χ3v) is 4.02. The standard InChI is InChI=1S/C13H18N2O5/c16-9-7-15(8-10(17)14-9)11(18)5-13(6-12(19)20)3-1-2-4-13/h1-8H2,(H,19,20)(H,14,16,17). The fourth-order valence-electron chi connectivity index (χ4n) is 3.11. The molecule has 3 amide bonds. The van der Waals surface area contributed by atoms with Crippen LogP contribution in [0.15, 0.2) is 0 Å². The molecular formula is C13H18N2O5. The Morgan fingerprint density at radius 1 is 1.10 bits per heavy atom. The molecule has 20 heavy (non-hydrogen) atoms. The first-order valence-corrected chi connectivity index (χ1v) is 6.72. The summed E-state index contributed by atoms with van der Waals surface area (Å²) in [5.74, 6) is -2.20. The zero-order valence-corrected chi connectivity index (χ0v) is 11.2. The van der Waals surface area contributed by atoms with Crippen LogP contribution in [0.5, 0.6) is 0 Å². The fourth-order valence-corrected chi connectivity index (χ4v) is 3.11.